The molecule has 0 saturated carbocycles. The van der Waals surface area contributed by atoms with Gasteiger partial charge in [-0.1, -0.05) is 24.3 Å². The molecule has 5 aromatic rings. The number of carbonyl (C=O) groups is 1. The zero-order chi connectivity index (χ0) is 25.4. The third kappa shape index (κ3) is 4.57. The molecule has 0 unspecified atom stereocenters. The van der Waals surface area contributed by atoms with Crippen LogP contribution in [0, 0.1) is 0 Å². The first kappa shape index (κ1) is 23.3. The van der Waals surface area contributed by atoms with E-state index in [1.165, 1.54) is 16.9 Å². The van der Waals surface area contributed by atoms with Crippen LogP contribution in [0.3, 0.4) is 0 Å². The highest BCUT2D eigenvalue weighted by Gasteiger charge is 2.30. The fourth-order valence-corrected chi connectivity index (χ4v) is 3.98. The van der Waals surface area contributed by atoms with Crippen molar-refractivity contribution in [3.8, 4) is 0 Å². The van der Waals surface area contributed by atoms with Crippen LogP contribution in [0.2, 0.25) is 0 Å². The highest BCUT2D eigenvalue weighted by molar-refractivity contribution is 5.91. The maximum atomic E-state index is 13.2. The van der Waals surface area contributed by atoms with Crippen molar-refractivity contribution in [2.75, 3.05) is 5.32 Å². The van der Waals surface area contributed by atoms with Gasteiger partial charge in [0.15, 0.2) is 5.65 Å². The number of aryl methyl sites for hydroxylation is 2. The lowest BCUT2D eigenvalue weighted by atomic mass is 10.1. The predicted molar refractivity (Wildman–Crippen MR) is 126 cm³/mol. The largest absolute Gasteiger partial charge is 0.416 e. The van der Waals surface area contributed by atoms with Crippen LogP contribution in [-0.2, 0) is 31.0 Å². The molecule has 0 saturated heterocycles. The number of benzene rings is 2. The number of hydrogen-bond donors (Lipinski definition) is 2. The van der Waals surface area contributed by atoms with Crippen molar-refractivity contribution in [3.05, 3.63) is 82.0 Å². The lowest BCUT2D eigenvalue weighted by Gasteiger charge is -2.12. The minimum Gasteiger partial charge on any atom is -0.310 e. The van der Waals surface area contributed by atoms with E-state index >= 15 is 0 Å². The van der Waals surface area contributed by atoms with Crippen LogP contribution in [0.4, 0.5) is 19.1 Å². The number of amides is 1. The van der Waals surface area contributed by atoms with E-state index < -0.39 is 11.7 Å². The monoisotopic (exact) mass is 495 g/mol. The highest BCUT2D eigenvalue weighted by Crippen LogP contribution is 2.30. The van der Waals surface area contributed by atoms with E-state index in [4.69, 9.17) is 0 Å². The number of carbonyl (C=O) groups excluding carboxylic acids is 1. The molecular weight excluding hydrogens is 475 g/mol. The summed E-state index contributed by atoms with van der Waals surface area (Å²) in [5.74, 6) is 0.161. The Kier molecular flexibility index (Phi) is 5.78. The highest BCUT2D eigenvalue weighted by atomic mass is 19.4. The second-order valence-electron chi connectivity index (χ2n) is 8.27. The molecule has 184 valence electrons. The molecule has 0 aliphatic rings. The molecule has 0 spiro atoms. The molecular formula is C24H20F3N7O2. The van der Waals surface area contributed by atoms with Gasteiger partial charge in [0.2, 0.25) is 11.9 Å². The van der Waals surface area contributed by atoms with Gasteiger partial charge in [0.1, 0.15) is 11.2 Å². The number of aromatic amines is 1. The van der Waals surface area contributed by atoms with Gasteiger partial charge in [0, 0.05) is 19.9 Å². The summed E-state index contributed by atoms with van der Waals surface area (Å²) >= 11 is 0. The lowest BCUT2D eigenvalue weighted by Crippen LogP contribution is -2.18. The number of para-hydroxylation sites is 2. The molecule has 0 radical (unpaired) electrons. The number of imidazole rings is 1. The van der Waals surface area contributed by atoms with Gasteiger partial charge in [0.25, 0.3) is 5.56 Å². The first-order valence-electron chi connectivity index (χ1n) is 11.0. The second kappa shape index (κ2) is 8.95. The molecule has 5 rings (SSSR count). The Morgan fingerprint density at radius 1 is 1.11 bits per heavy atom. The van der Waals surface area contributed by atoms with Crippen LogP contribution in [0.15, 0.2) is 59.5 Å². The van der Waals surface area contributed by atoms with Crippen molar-refractivity contribution >= 4 is 33.9 Å². The second-order valence-corrected chi connectivity index (χ2v) is 8.27. The summed E-state index contributed by atoms with van der Waals surface area (Å²) in [5.41, 5.74) is 0.991. The van der Waals surface area contributed by atoms with Crippen molar-refractivity contribution in [1.29, 1.82) is 0 Å². The number of rotatable bonds is 6. The summed E-state index contributed by atoms with van der Waals surface area (Å²) in [5, 5.41) is 7.12. The van der Waals surface area contributed by atoms with Crippen molar-refractivity contribution < 1.29 is 18.0 Å². The normalized spacial score (nSPS) is 11.9. The van der Waals surface area contributed by atoms with Crippen LogP contribution in [-0.4, -0.2) is 35.2 Å². The maximum absolute atomic E-state index is 13.2. The Labute approximate surface area is 201 Å². The van der Waals surface area contributed by atoms with E-state index in [0.29, 0.717) is 33.5 Å². The van der Waals surface area contributed by atoms with Gasteiger partial charge in [-0.05, 0) is 29.8 Å². The number of aromatic nitrogens is 6. The number of alkyl halides is 3. The molecule has 9 nitrogen and oxygen atoms in total. The van der Waals surface area contributed by atoms with Crippen LogP contribution in [0.1, 0.15) is 23.4 Å². The zero-order valence-electron chi connectivity index (χ0n) is 19.0. The quantitative estimate of drug-likeness (QED) is 0.374. The number of nitrogens with zero attached hydrogens (tertiary/aromatic N) is 5. The molecule has 1 amide bonds. The van der Waals surface area contributed by atoms with E-state index in [-0.39, 0.29) is 36.8 Å². The van der Waals surface area contributed by atoms with Gasteiger partial charge in [-0.3, -0.25) is 19.6 Å². The third-order valence-corrected chi connectivity index (χ3v) is 5.74. The van der Waals surface area contributed by atoms with Gasteiger partial charge in [-0.25, -0.2) is 9.97 Å². The van der Waals surface area contributed by atoms with Crippen LogP contribution < -0.4 is 10.9 Å². The first-order valence-corrected chi connectivity index (χ1v) is 11.0. The summed E-state index contributed by atoms with van der Waals surface area (Å²) < 4.78 is 42.7. The molecule has 0 aliphatic carbocycles. The number of hydrogen-bond acceptors (Lipinski definition) is 5. The minimum atomic E-state index is -4.46. The molecule has 2 aromatic carbocycles. The molecule has 36 heavy (non-hydrogen) atoms. The van der Waals surface area contributed by atoms with Crippen molar-refractivity contribution in [3.63, 3.8) is 0 Å². The number of fused-ring (bicyclic) bond motifs is 2. The number of nitrogens with one attached hydrogen (secondary N) is 2. The van der Waals surface area contributed by atoms with E-state index in [1.807, 2.05) is 0 Å². The maximum Gasteiger partial charge on any atom is 0.416 e. The smallest absolute Gasteiger partial charge is 0.310 e. The summed E-state index contributed by atoms with van der Waals surface area (Å²) in [6.07, 6.45) is -2.88. The third-order valence-electron chi connectivity index (χ3n) is 5.74. The zero-order valence-corrected chi connectivity index (χ0v) is 19.0. The molecule has 3 heterocycles. The molecule has 0 bridgehead atoms. The summed E-state index contributed by atoms with van der Waals surface area (Å²) in [6.45, 7) is 0.0755. The number of halogens is 3. The van der Waals surface area contributed by atoms with Gasteiger partial charge < -0.3 is 9.55 Å². The Balaban J connectivity index is 1.38. The summed E-state index contributed by atoms with van der Waals surface area (Å²) in [6, 6.07) is 12.1. The van der Waals surface area contributed by atoms with Crippen molar-refractivity contribution in [2.45, 2.75) is 25.6 Å². The number of H-pyrrole nitrogens is 1. The average Bonchev–Trinajstić information content (AvgIpc) is 3.38. The van der Waals surface area contributed by atoms with E-state index in [0.717, 1.165) is 12.1 Å². The van der Waals surface area contributed by atoms with Gasteiger partial charge in [-0.2, -0.15) is 18.3 Å². The molecule has 3 aromatic heterocycles. The molecule has 0 atom stereocenters. The molecule has 12 heteroatoms. The Morgan fingerprint density at radius 2 is 1.92 bits per heavy atom. The van der Waals surface area contributed by atoms with Crippen LogP contribution in [0.25, 0.3) is 22.1 Å². The molecule has 0 aliphatic heterocycles. The van der Waals surface area contributed by atoms with Crippen molar-refractivity contribution in [2.24, 2.45) is 7.05 Å². The SMILES string of the molecule is Cn1ncc2c(=O)[nH]c(CCC(=O)Nc3nc4ccccc4n3Cc3cccc(C(F)(F)F)c3)nc21. The van der Waals surface area contributed by atoms with Gasteiger partial charge in [-0.15, -0.1) is 0 Å². The fourth-order valence-electron chi connectivity index (χ4n) is 3.98. The molecule has 2 N–H and O–H groups in total. The Bertz CT molecular complexity index is 1650. The van der Waals surface area contributed by atoms with Gasteiger partial charge >= 0.3 is 6.18 Å². The summed E-state index contributed by atoms with van der Waals surface area (Å²) in [4.78, 5) is 36.5. The fraction of sp³-hybridized carbons (Fsp3) is 0.208. The Hall–Kier alpha value is -4.48. The molecule has 0 fully saturated rings. The van der Waals surface area contributed by atoms with Gasteiger partial charge in [0.05, 0.1) is 29.3 Å². The number of anilines is 1. The minimum absolute atomic E-state index is 0.000930. The standard InChI is InChI=1S/C24H20F3N7O2/c1-33-21-16(12-28-33)22(36)31-19(30-21)9-10-20(35)32-23-29-17-7-2-3-8-18(17)34(23)13-14-5-4-6-15(11-14)24(25,26)27/h2-8,11-12H,9-10,13H2,1H3,(H,29,32,35)(H,30,31,36). The Morgan fingerprint density at radius 3 is 2.72 bits per heavy atom. The first-order chi connectivity index (χ1) is 17.2. The average molecular weight is 495 g/mol. The van der Waals surface area contributed by atoms with Crippen molar-refractivity contribution in [1.82, 2.24) is 29.3 Å². The van der Waals surface area contributed by atoms with E-state index in [2.05, 4.69) is 25.4 Å². The predicted octanol–water partition coefficient (Wildman–Crippen LogP) is 3.64. The summed E-state index contributed by atoms with van der Waals surface area (Å²) in [7, 11) is 1.67. The van der Waals surface area contributed by atoms with E-state index in [9.17, 15) is 22.8 Å². The lowest BCUT2D eigenvalue weighted by molar-refractivity contribution is -0.137. The topological polar surface area (TPSA) is 110 Å². The van der Waals surface area contributed by atoms with E-state index in [1.54, 1.807) is 41.9 Å². The van der Waals surface area contributed by atoms with Crippen LogP contribution >= 0.6 is 0 Å². The van der Waals surface area contributed by atoms with Crippen LogP contribution in [0.5, 0.6) is 0 Å².